The van der Waals surface area contributed by atoms with Crippen LogP contribution < -0.4 is 4.90 Å². The second-order valence-electron chi connectivity index (χ2n) is 9.11. The second-order valence-corrected chi connectivity index (χ2v) is 9.11. The number of para-hydroxylation sites is 1. The van der Waals surface area contributed by atoms with Gasteiger partial charge in [0.25, 0.3) is 0 Å². The number of benzene rings is 3. The number of hydrogen-bond donors (Lipinski definition) is 2. The molecule has 3 aromatic carbocycles. The minimum Gasteiger partial charge on any atom is -0.504 e. The first-order chi connectivity index (χ1) is 17.4. The molecule has 6 nitrogen and oxygen atoms in total. The fraction of sp³-hybridized carbons (Fsp3) is 0.300. The molecule has 2 N–H and O–H groups in total. The van der Waals surface area contributed by atoms with Gasteiger partial charge in [0.05, 0.1) is 12.3 Å². The third-order valence-electron chi connectivity index (χ3n) is 6.46. The van der Waals surface area contributed by atoms with Gasteiger partial charge in [0.2, 0.25) is 0 Å². The molecule has 1 heterocycles. The van der Waals surface area contributed by atoms with E-state index in [1.54, 1.807) is 6.07 Å². The highest BCUT2D eigenvalue weighted by Crippen LogP contribution is 2.37. The number of nitrogens with zero attached hydrogens (tertiary/aromatic N) is 2. The van der Waals surface area contributed by atoms with E-state index < -0.39 is 0 Å². The van der Waals surface area contributed by atoms with E-state index in [-0.39, 0.29) is 23.5 Å². The lowest BCUT2D eigenvalue weighted by atomic mass is 10.0. The maximum atomic E-state index is 12.8. The van der Waals surface area contributed by atoms with Crippen LogP contribution in [0, 0.1) is 0 Å². The SMILES string of the molecule is CCCN(c1cccc(O)c1O)C(C)Cc1ccc2c(c1)cc(C(=O)OCC)n2Cc1ccccc1. The van der Waals surface area contributed by atoms with Gasteiger partial charge in [-0.1, -0.05) is 49.4 Å². The molecule has 0 saturated heterocycles. The van der Waals surface area contributed by atoms with E-state index in [0.29, 0.717) is 24.5 Å². The van der Waals surface area contributed by atoms with Crippen molar-refractivity contribution in [3.63, 3.8) is 0 Å². The molecule has 4 rings (SSSR count). The molecular weight excluding hydrogens is 452 g/mol. The number of fused-ring (bicyclic) bond motifs is 1. The van der Waals surface area contributed by atoms with Crippen molar-refractivity contribution in [2.45, 2.75) is 46.2 Å². The number of aromatic nitrogens is 1. The first-order valence-corrected chi connectivity index (χ1v) is 12.5. The third kappa shape index (κ3) is 5.33. The molecule has 1 atom stereocenters. The highest BCUT2D eigenvalue weighted by Gasteiger charge is 2.21. The second kappa shape index (κ2) is 11.2. The van der Waals surface area contributed by atoms with Crippen LogP contribution in [0.5, 0.6) is 11.5 Å². The van der Waals surface area contributed by atoms with Crippen LogP contribution >= 0.6 is 0 Å². The number of hydrogen-bond acceptors (Lipinski definition) is 5. The van der Waals surface area contributed by atoms with E-state index in [2.05, 4.69) is 49.1 Å². The monoisotopic (exact) mass is 486 g/mol. The van der Waals surface area contributed by atoms with Gasteiger partial charge < -0.3 is 24.4 Å². The molecule has 1 aromatic heterocycles. The molecule has 36 heavy (non-hydrogen) atoms. The molecule has 188 valence electrons. The van der Waals surface area contributed by atoms with Crippen LogP contribution in [0.3, 0.4) is 0 Å². The van der Waals surface area contributed by atoms with Gasteiger partial charge in [-0.2, -0.15) is 0 Å². The minimum absolute atomic E-state index is 0.0750. The lowest BCUT2D eigenvalue weighted by Crippen LogP contribution is -2.35. The van der Waals surface area contributed by atoms with Crippen molar-refractivity contribution in [1.29, 1.82) is 0 Å². The van der Waals surface area contributed by atoms with Gasteiger partial charge in [0.15, 0.2) is 11.5 Å². The topological polar surface area (TPSA) is 74.9 Å². The van der Waals surface area contributed by atoms with Crippen LogP contribution in [0.2, 0.25) is 0 Å². The number of anilines is 1. The van der Waals surface area contributed by atoms with Crippen molar-refractivity contribution < 1.29 is 19.7 Å². The Morgan fingerprint density at radius 3 is 2.47 bits per heavy atom. The predicted octanol–water partition coefficient (Wildman–Crippen LogP) is 6.13. The zero-order valence-corrected chi connectivity index (χ0v) is 21.1. The van der Waals surface area contributed by atoms with Gasteiger partial charge in [-0.05, 0) is 68.1 Å². The maximum absolute atomic E-state index is 12.8. The predicted molar refractivity (Wildman–Crippen MR) is 144 cm³/mol. The van der Waals surface area contributed by atoms with Crippen LogP contribution in [-0.4, -0.2) is 39.9 Å². The summed E-state index contributed by atoms with van der Waals surface area (Å²) in [6.07, 6.45) is 1.65. The van der Waals surface area contributed by atoms with Crippen LogP contribution in [0.1, 0.15) is 48.8 Å². The van der Waals surface area contributed by atoms with E-state index in [4.69, 9.17) is 4.74 Å². The van der Waals surface area contributed by atoms with Gasteiger partial charge in [0, 0.05) is 30.0 Å². The van der Waals surface area contributed by atoms with Crippen molar-refractivity contribution in [3.05, 3.63) is 89.6 Å². The summed E-state index contributed by atoms with van der Waals surface area (Å²) in [6.45, 7) is 7.68. The molecule has 0 spiro atoms. The fourth-order valence-electron chi connectivity index (χ4n) is 4.78. The van der Waals surface area contributed by atoms with E-state index >= 15 is 0 Å². The Morgan fingerprint density at radius 1 is 0.972 bits per heavy atom. The van der Waals surface area contributed by atoms with Crippen molar-refractivity contribution >= 4 is 22.6 Å². The standard InChI is InChI=1S/C30H34N2O4/c1-4-16-31(26-12-9-13-28(33)29(26)34)21(3)17-23-14-15-25-24(18-23)19-27(30(35)36-5-2)32(25)20-22-10-7-6-8-11-22/h6-15,18-19,21,33-34H,4-5,16-17,20H2,1-3H3. The average molecular weight is 487 g/mol. The third-order valence-corrected chi connectivity index (χ3v) is 6.46. The van der Waals surface area contributed by atoms with Crippen LogP contribution in [-0.2, 0) is 17.7 Å². The van der Waals surface area contributed by atoms with Crippen LogP contribution in [0.4, 0.5) is 5.69 Å². The highest BCUT2D eigenvalue weighted by molar-refractivity contribution is 5.96. The van der Waals surface area contributed by atoms with Crippen molar-refractivity contribution in [1.82, 2.24) is 4.57 Å². The first kappa shape index (κ1) is 25.2. The Labute approximate surface area is 212 Å². The van der Waals surface area contributed by atoms with E-state index in [9.17, 15) is 15.0 Å². The Balaban J connectivity index is 1.66. The minimum atomic E-state index is -0.326. The van der Waals surface area contributed by atoms with Crippen molar-refractivity contribution in [2.24, 2.45) is 0 Å². The summed E-state index contributed by atoms with van der Waals surface area (Å²) in [5.41, 5.74) is 4.39. The summed E-state index contributed by atoms with van der Waals surface area (Å²) in [4.78, 5) is 14.9. The molecular formula is C30H34N2O4. The summed E-state index contributed by atoms with van der Waals surface area (Å²) >= 11 is 0. The molecule has 0 aliphatic carbocycles. The van der Waals surface area contributed by atoms with Crippen molar-refractivity contribution in [2.75, 3.05) is 18.1 Å². The average Bonchev–Trinajstić information content (AvgIpc) is 3.23. The largest absolute Gasteiger partial charge is 0.504 e. The van der Waals surface area contributed by atoms with Crippen LogP contribution in [0.25, 0.3) is 10.9 Å². The number of esters is 1. The molecule has 0 bridgehead atoms. The normalized spacial score (nSPS) is 12.0. The fourth-order valence-corrected chi connectivity index (χ4v) is 4.78. The lowest BCUT2D eigenvalue weighted by molar-refractivity contribution is 0.0515. The number of carbonyl (C=O) groups is 1. The zero-order chi connectivity index (χ0) is 25.7. The molecule has 6 heteroatoms. The molecule has 0 fully saturated rings. The number of phenols is 2. The van der Waals surface area contributed by atoms with Gasteiger partial charge in [-0.15, -0.1) is 0 Å². The zero-order valence-electron chi connectivity index (χ0n) is 21.1. The molecule has 4 aromatic rings. The number of ether oxygens (including phenoxy) is 1. The summed E-state index contributed by atoms with van der Waals surface area (Å²) in [6, 6.07) is 23.4. The molecule has 0 radical (unpaired) electrons. The molecule has 0 saturated carbocycles. The number of phenolic OH excluding ortho intramolecular Hbond substituents is 2. The molecule has 0 amide bonds. The maximum Gasteiger partial charge on any atom is 0.354 e. The molecule has 1 unspecified atom stereocenters. The summed E-state index contributed by atoms with van der Waals surface area (Å²) in [7, 11) is 0. The Morgan fingerprint density at radius 2 is 1.75 bits per heavy atom. The van der Waals surface area contributed by atoms with E-state index in [1.165, 1.54) is 6.07 Å². The molecule has 0 aliphatic heterocycles. The number of rotatable bonds is 10. The summed E-state index contributed by atoms with van der Waals surface area (Å²) in [5, 5.41) is 21.5. The van der Waals surface area contributed by atoms with Gasteiger partial charge in [-0.3, -0.25) is 0 Å². The summed E-state index contributed by atoms with van der Waals surface area (Å²) < 4.78 is 7.37. The van der Waals surface area contributed by atoms with Gasteiger partial charge in [-0.25, -0.2) is 4.79 Å². The van der Waals surface area contributed by atoms with E-state index in [0.717, 1.165) is 41.4 Å². The van der Waals surface area contributed by atoms with E-state index in [1.807, 2.05) is 41.8 Å². The molecule has 0 aliphatic rings. The Hall–Kier alpha value is -3.93. The number of aromatic hydroxyl groups is 2. The first-order valence-electron chi connectivity index (χ1n) is 12.5. The smallest absolute Gasteiger partial charge is 0.354 e. The Kier molecular flexibility index (Phi) is 7.84. The van der Waals surface area contributed by atoms with Crippen molar-refractivity contribution in [3.8, 4) is 11.5 Å². The number of carbonyl (C=O) groups excluding carboxylic acids is 1. The van der Waals surface area contributed by atoms with Gasteiger partial charge >= 0.3 is 5.97 Å². The highest BCUT2D eigenvalue weighted by atomic mass is 16.5. The quantitative estimate of drug-likeness (QED) is 0.208. The van der Waals surface area contributed by atoms with Crippen LogP contribution in [0.15, 0.2) is 72.8 Å². The van der Waals surface area contributed by atoms with Gasteiger partial charge in [0.1, 0.15) is 5.69 Å². The summed E-state index contributed by atoms with van der Waals surface area (Å²) in [5.74, 6) is -0.535. The lowest BCUT2D eigenvalue weighted by Gasteiger charge is -2.32. The Bertz CT molecular complexity index is 1330.